The van der Waals surface area contributed by atoms with E-state index in [0.29, 0.717) is 5.56 Å². The Balaban J connectivity index is 2.49. The predicted molar refractivity (Wildman–Crippen MR) is 94.7 cm³/mol. The SMILES string of the molecule is CCS(=O)(=O)c1ccc([C@H](CO)C2(OC)C=CC=CC2C(N)=O)cc1. The highest BCUT2D eigenvalue weighted by molar-refractivity contribution is 7.91. The molecule has 2 rings (SSSR count). The second kappa shape index (κ2) is 7.51. The minimum Gasteiger partial charge on any atom is -0.396 e. The van der Waals surface area contributed by atoms with Crippen molar-refractivity contribution in [2.24, 2.45) is 11.7 Å². The number of aliphatic hydroxyl groups excluding tert-OH is 1. The Morgan fingerprint density at radius 2 is 1.96 bits per heavy atom. The molecule has 25 heavy (non-hydrogen) atoms. The van der Waals surface area contributed by atoms with Crippen molar-refractivity contribution in [1.82, 2.24) is 0 Å². The van der Waals surface area contributed by atoms with Crippen molar-refractivity contribution in [2.45, 2.75) is 23.3 Å². The molecule has 1 aromatic carbocycles. The molecular weight excluding hydrogens is 342 g/mol. The molecule has 0 saturated heterocycles. The number of methoxy groups -OCH3 is 1. The van der Waals surface area contributed by atoms with Gasteiger partial charge in [0.1, 0.15) is 5.60 Å². The van der Waals surface area contributed by atoms with E-state index in [0.717, 1.165) is 0 Å². The first-order chi connectivity index (χ1) is 11.8. The van der Waals surface area contributed by atoms with E-state index in [1.54, 1.807) is 43.4 Å². The van der Waals surface area contributed by atoms with Crippen molar-refractivity contribution in [1.29, 1.82) is 0 Å². The third-order valence-electron chi connectivity index (χ3n) is 4.67. The molecule has 3 N–H and O–H groups in total. The van der Waals surface area contributed by atoms with Crippen LogP contribution in [0.5, 0.6) is 0 Å². The van der Waals surface area contributed by atoms with Gasteiger partial charge in [0.25, 0.3) is 0 Å². The summed E-state index contributed by atoms with van der Waals surface area (Å²) in [5.74, 6) is -1.89. The number of sulfone groups is 1. The van der Waals surface area contributed by atoms with Gasteiger partial charge >= 0.3 is 0 Å². The van der Waals surface area contributed by atoms with Crippen LogP contribution in [-0.2, 0) is 19.4 Å². The molecule has 0 radical (unpaired) electrons. The van der Waals surface area contributed by atoms with E-state index in [9.17, 15) is 18.3 Å². The number of carbonyl (C=O) groups excluding carboxylic acids is 1. The van der Waals surface area contributed by atoms with Crippen LogP contribution in [0.25, 0.3) is 0 Å². The summed E-state index contributed by atoms with van der Waals surface area (Å²) in [4.78, 5) is 12.1. The zero-order chi connectivity index (χ0) is 18.7. The van der Waals surface area contributed by atoms with Crippen LogP contribution in [0.2, 0.25) is 0 Å². The van der Waals surface area contributed by atoms with Gasteiger partial charge in [0, 0.05) is 13.0 Å². The molecule has 7 heteroatoms. The monoisotopic (exact) mass is 365 g/mol. The molecule has 1 aliphatic rings. The molecule has 2 unspecified atom stereocenters. The number of ether oxygens (including phenoxy) is 1. The zero-order valence-electron chi connectivity index (χ0n) is 14.3. The fourth-order valence-electron chi connectivity index (χ4n) is 3.21. The Labute approximate surface area is 147 Å². The summed E-state index contributed by atoms with van der Waals surface area (Å²) >= 11 is 0. The maximum Gasteiger partial charge on any atom is 0.227 e. The van der Waals surface area contributed by atoms with E-state index in [-0.39, 0.29) is 17.3 Å². The molecule has 3 atom stereocenters. The lowest BCUT2D eigenvalue weighted by atomic mass is 9.71. The topological polar surface area (TPSA) is 107 Å². The number of nitrogens with two attached hydrogens (primary N) is 1. The average molecular weight is 365 g/mol. The van der Waals surface area contributed by atoms with E-state index >= 15 is 0 Å². The van der Waals surface area contributed by atoms with Gasteiger partial charge in [-0.15, -0.1) is 0 Å². The number of rotatable bonds is 7. The van der Waals surface area contributed by atoms with Crippen molar-refractivity contribution in [3.63, 3.8) is 0 Å². The molecule has 0 aromatic heterocycles. The second-order valence-electron chi connectivity index (χ2n) is 5.89. The van der Waals surface area contributed by atoms with E-state index in [1.165, 1.54) is 19.2 Å². The minimum absolute atomic E-state index is 0.00899. The number of benzene rings is 1. The molecule has 0 heterocycles. The van der Waals surface area contributed by atoms with Crippen LogP contribution in [0.4, 0.5) is 0 Å². The Morgan fingerprint density at radius 1 is 1.32 bits per heavy atom. The Hall–Kier alpha value is -1.96. The fraction of sp³-hybridized carbons (Fsp3) is 0.389. The first-order valence-electron chi connectivity index (χ1n) is 7.96. The van der Waals surface area contributed by atoms with Gasteiger partial charge in [-0.3, -0.25) is 4.79 Å². The van der Waals surface area contributed by atoms with E-state index in [4.69, 9.17) is 10.5 Å². The summed E-state index contributed by atoms with van der Waals surface area (Å²) < 4.78 is 29.6. The highest BCUT2D eigenvalue weighted by atomic mass is 32.2. The first kappa shape index (κ1) is 19.4. The standard InChI is InChI=1S/C18H23NO5S/c1-3-25(22,23)14-9-7-13(8-10-14)16(12-20)18(24-2)11-5-4-6-15(18)17(19)21/h4-11,15-16,20H,3,12H2,1-2H3,(H2,19,21)/t15?,16-,18?/m0/s1. The maximum atomic E-state index is 12.0. The Kier molecular flexibility index (Phi) is 5.82. The normalized spacial score (nSPS) is 24.2. The number of hydrogen-bond acceptors (Lipinski definition) is 5. The zero-order valence-corrected chi connectivity index (χ0v) is 15.1. The lowest BCUT2D eigenvalue weighted by molar-refractivity contribution is -0.130. The van der Waals surface area contributed by atoms with Crippen LogP contribution in [0.1, 0.15) is 18.4 Å². The molecular formula is C18H23NO5S. The third-order valence-corrected chi connectivity index (χ3v) is 6.42. The van der Waals surface area contributed by atoms with E-state index in [1.807, 2.05) is 0 Å². The summed E-state index contributed by atoms with van der Waals surface area (Å²) in [7, 11) is -1.85. The van der Waals surface area contributed by atoms with Gasteiger partial charge in [-0.1, -0.05) is 43.4 Å². The summed E-state index contributed by atoms with van der Waals surface area (Å²) in [5.41, 5.74) is 5.04. The summed E-state index contributed by atoms with van der Waals surface area (Å²) in [6.07, 6.45) is 6.80. The highest BCUT2D eigenvalue weighted by Gasteiger charge is 2.47. The van der Waals surface area contributed by atoms with Crippen LogP contribution in [0.15, 0.2) is 53.5 Å². The summed E-state index contributed by atoms with van der Waals surface area (Å²) in [6, 6.07) is 6.27. The van der Waals surface area contributed by atoms with E-state index < -0.39 is 33.2 Å². The minimum atomic E-state index is -3.31. The molecule has 0 bridgehead atoms. The van der Waals surface area contributed by atoms with Crippen LogP contribution < -0.4 is 5.73 Å². The molecule has 1 aromatic rings. The van der Waals surface area contributed by atoms with Gasteiger partial charge in [-0.05, 0) is 17.7 Å². The molecule has 1 aliphatic carbocycles. The van der Waals surface area contributed by atoms with Crippen LogP contribution in [0, 0.1) is 5.92 Å². The fourth-order valence-corrected chi connectivity index (χ4v) is 4.09. The summed E-state index contributed by atoms with van der Waals surface area (Å²) in [6.45, 7) is 1.28. The molecule has 6 nitrogen and oxygen atoms in total. The van der Waals surface area contributed by atoms with E-state index in [2.05, 4.69) is 0 Å². The lowest BCUT2D eigenvalue weighted by Gasteiger charge is -2.41. The van der Waals surface area contributed by atoms with Crippen molar-refractivity contribution >= 4 is 15.7 Å². The lowest BCUT2D eigenvalue weighted by Crippen LogP contribution is -2.50. The number of aliphatic hydroxyl groups is 1. The van der Waals surface area contributed by atoms with Gasteiger partial charge in [-0.2, -0.15) is 0 Å². The Morgan fingerprint density at radius 3 is 2.44 bits per heavy atom. The maximum absolute atomic E-state index is 12.0. The van der Waals surface area contributed by atoms with Gasteiger partial charge in [0.05, 0.1) is 23.2 Å². The van der Waals surface area contributed by atoms with Crippen LogP contribution >= 0.6 is 0 Å². The number of amides is 1. The molecule has 0 spiro atoms. The predicted octanol–water partition coefficient (Wildman–Crippen LogP) is 1.17. The van der Waals surface area contributed by atoms with Crippen molar-refractivity contribution in [3.8, 4) is 0 Å². The van der Waals surface area contributed by atoms with Crippen molar-refractivity contribution in [2.75, 3.05) is 19.5 Å². The van der Waals surface area contributed by atoms with Crippen LogP contribution in [-0.4, -0.2) is 44.5 Å². The van der Waals surface area contributed by atoms with Crippen LogP contribution in [0.3, 0.4) is 0 Å². The first-order valence-corrected chi connectivity index (χ1v) is 9.61. The Bertz CT molecular complexity index is 782. The molecule has 136 valence electrons. The smallest absolute Gasteiger partial charge is 0.227 e. The number of primary amides is 1. The van der Waals surface area contributed by atoms with Crippen molar-refractivity contribution < 1.29 is 23.1 Å². The van der Waals surface area contributed by atoms with Crippen molar-refractivity contribution in [3.05, 3.63) is 54.1 Å². The molecule has 0 saturated carbocycles. The second-order valence-corrected chi connectivity index (χ2v) is 8.17. The summed E-state index contributed by atoms with van der Waals surface area (Å²) in [5, 5.41) is 9.99. The quantitative estimate of drug-likeness (QED) is 0.754. The van der Waals surface area contributed by atoms with Gasteiger partial charge in [0.15, 0.2) is 9.84 Å². The largest absolute Gasteiger partial charge is 0.396 e. The molecule has 1 amide bonds. The molecule has 0 aliphatic heterocycles. The van der Waals surface area contributed by atoms with Gasteiger partial charge in [-0.25, -0.2) is 8.42 Å². The molecule has 0 fully saturated rings. The number of carbonyl (C=O) groups is 1. The average Bonchev–Trinajstić information content (AvgIpc) is 2.62. The highest BCUT2D eigenvalue weighted by Crippen LogP contribution is 2.41. The van der Waals surface area contributed by atoms with Gasteiger partial charge < -0.3 is 15.6 Å². The van der Waals surface area contributed by atoms with Gasteiger partial charge in [0.2, 0.25) is 5.91 Å². The number of hydrogen-bond donors (Lipinski definition) is 2. The third kappa shape index (κ3) is 3.53. The number of allylic oxidation sites excluding steroid dienone is 2.